The van der Waals surface area contributed by atoms with Crippen LogP contribution in [0.4, 0.5) is 22.0 Å². The highest BCUT2D eigenvalue weighted by Gasteiger charge is 2.38. The van der Waals surface area contributed by atoms with Crippen molar-refractivity contribution in [2.24, 2.45) is 5.92 Å². The van der Waals surface area contributed by atoms with E-state index in [-0.39, 0.29) is 37.9 Å². The zero-order chi connectivity index (χ0) is 29.7. The molecule has 41 heavy (non-hydrogen) atoms. The molecule has 12 heteroatoms. The standard InChI is InChI=1S/C29H28F5NO5S/c1-15-20(14-41-11-10-36)39-29(40-27(15)18-6-4-17(13-37)5-7-18)19-8-2-16(3-9-19)12-35-28(38)21-22(30)24(32)26(34)25(33)23(21)31/h2-9,15,20,27,29,36-37H,10-14H2,1H3,(H,35,38)/t15-,20+,27+,29+/m1/s1. The number of halogens is 5. The second-order valence-electron chi connectivity index (χ2n) is 9.49. The molecule has 0 radical (unpaired) electrons. The molecule has 0 aromatic heterocycles. The van der Waals surface area contributed by atoms with Crippen molar-refractivity contribution in [1.82, 2.24) is 5.32 Å². The third kappa shape index (κ3) is 6.90. The highest BCUT2D eigenvalue weighted by Crippen LogP contribution is 2.42. The highest BCUT2D eigenvalue weighted by atomic mass is 32.2. The number of hydrogen-bond donors (Lipinski definition) is 3. The van der Waals surface area contributed by atoms with Crippen molar-refractivity contribution in [3.8, 4) is 0 Å². The fourth-order valence-corrected chi connectivity index (χ4v) is 5.35. The summed E-state index contributed by atoms with van der Waals surface area (Å²) >= 11 is 1.55. The number of carbonyl (C=O) groups excluding carboxylic acids is 1. The largest absolute Gasteiger partial charge is 0.396 e. The first-order valence-electron chi connectivity index (χ1n) is 12.7. The molecule has 1 saturated heterocycles. The average molecular weight is 598 g/mol. The Balaban J connectivity index is 1.48. The zero-order valence-corrected chi connectivity index (χ0v) is 22.7. The van der Waals surface area contributed by atoms with E-state index in [1.54, 1.807) is 36.0 Å². The van der Waals surface area contributed by atoms with Crippen LogP contribution < -0.4 is 5.32 Å². The van der Waals surface area contributed by atoms with Crippen molar-refractivity contribution in [2.75, 3.05) is 18.1 Å². The number of carbonyl (C=O) groups is 1. The summed E-state index contributed by atoms with van der Waals surface area (Å²) < 4.78 is 80.7. The van der Waals surface area contributed by atoms with Crippen LogP contribution in [-0.4, -0.2) is 40.3 Å². The first-order chi connectivity index (χ1) is 19.7. The van der Waals surface area contributed by atoms with Crippen molar-refractivity contribution < 1.29 is 46.4 Å². The van der Waals surface area contributed by atoms with Gasteiger partial charge in [0.2, 0.25) is 5.82 Å². The van der Waals surface area contributed by atoms with Crippen molar-refractivity contribution in [2.45, 2.75) is 38.6 Å². The summed E-state index contributed by atoms with van der Waals surface area (Å²) in [6.45, 7) is 1.73. The van der Waals surface area contributed by atoms with Crippen LogP contribution in [0.25, 0.3) is 0 Å². The summed E-state index contributed by atoms with van der Waals surface area (Å²) in [7, 11) is 0. The van der Waals surface area contributed by atoms with Gasteiger partial charge in [-0.25, -0.2) is 22.0 Å². The van der Waals surface area contributed by atoms with Gasteiger partial charge in [-0.1, -0.05) is 55.5 Å². The fourth-order valence-electron chi connectivity index (χ4n) is 4.44. The maximum absolute atomic E-state index is 14.0. The van der Waals surface area contributed by atoms with Gasteiger partial charge in [0.1, 0.15) is 5.56 Å². The summed E-state index contributed by atoms with van der Waals surface area (Å²) in [5.41, 5.74) is 1.26. The third-order valence-electron chi connectivity index (χ3n) is 6.78. The normalized spacial score (nSPS) is 20.7. The molecule has 3 aromatic rings. The lowest BCUT2D eigenvalue weighted by Crippen LogP contribution is -2.38. The van der Waals surface area contributed by atoms with Crippen LogP contribution >= 0.6 is 11.8 Å². The van der Waals surface area contributed by atoms with E-state index >= 15 is 0 Å². The molecule has 0 aliphatic carbocycles. The van der Waals surface area contributed by atoms with Gasteiger partial charge < -0.3 is 25.0 Å². The minimum atomic E-state index is -2.34. The van der Waals surface area contributed by atoms with E-state index in [0.29, 0.717) is 22.6 Å². The molecule has 0 saturated carbocycles. The van der Waals surface area contributed by atoms with Crippen molar-refractivity contribution >= 4 is 17.7 Å². The Morgan fingerprint density at radius 2 is 1.39 bits per heavy atom. The van der Waals surface area contributed by atoms with Crippen LogP contribution in [0.15, 0.2) is 48.5 Å². The van der Waals surface area contributed by atoms with Gasteiger partial charge in [-0.2, -0.15) is 11.8 Å². The van der Waals surface area contributed by atoms with Gasteiger partial charge in [-0.15, -0.1) is 0 Å². The van der Waals surface area contributed by atoms with Gasteiger partial charge in [0, 0.05) is 29.5 Å². The second kappa shape index (κ2) is 13.8. The molecule has 1 heterocycles. The van der Waals surface area contributed by atoms with Crippen LogP contribution in [0, 0.1) is 35.0 Å². The number of nitrogens with one attached hydrogen (secondary N) is 1. The molecule has 0 bridgehead atoms. The molecule has 1 fully saturated rings. The Morgan fingerprint density at radius 3 is 1.98 bits per heavy atom. The Morgan fingerprint density at radius 1 is 0.829 bits per heavy atom. The predicted octanol–water partition coefficient (Wildman–Crippen LogP) is 5.32. The summed E-state index contributed by atoms with van der Waals surface area (Å²) in [5, 5.41) is 20.7. The van der Waals surface area contributed by atoms with Gasteiger partial charge in [0.25, 0.3) is 5.91 Å². The monoisotopic (exact) mass is 597 g/mol. The number of aliphatic hydroxyl groups is 2. The zero-order valence-electron chi connectivity index (χ0n) is 21.9. The molecule has 1 amide bonds. The number of rotatable bonds is 10. The number of thioether (sulfide) groups is 1. The van der Waals surface area contributed by atoms with Crippen molar-refractivity contribution in [1.29, 1.82) is 0 Å². The molecule has 0 spiro atoms. The molecule has 0 unspecified atom stereocenters. The van der Waals surface area contributed by atoms with E-state index < -0.39 is 46.8 Å². The summed E-state index contributed by atoms with van der Waals surface area (Å²) in [5.74, 6) is -11.5. The Kier molecular flexibility index (Phi) is 10.4. The molecule has 3 aromatic carbocycles. The van der Waals surface area contributed by atoms with Crippen LogP contribution in [0.5, 0.6) is 0 Å². The van der Waals surface area contributed by atoms with E-state index in [1.807, 2.05) is 31.2 Å². The Hall–Kier alpha value is -3.03. The lowest BCUT2D eigenvalue weighted by Gasteiger charge is -2.41. The lowest BCUT2D eigenvalue weighted by atomic mass is 9.91. The van der Waals surface area contributed by atoms with Crippen LogP contribution in [0.3, 0.4) is 0 Å². The molecule has 4 rings (SSSR count). The van der Waals surface area contributed by atoms with Gasteiger partial charge in [0.05, 0.1) is 25.4 Å². The average Bonchev–Trinajstić information content (AvgIpc) is 2.99. The Bertz CT molecular complexity index is 1330. The number of aliphatic hydroxyl groups excluding tert-OH is 2. The van der Waals surface area contributed by atoms with Gasteiger partial charge >= 0.3 is 0 Å². The third-order valence-corrected chi connectivity index (χ3v) is 7.82. The lowest BCUT2D eigenvalue weighted by molar-refractivity contribution is -0.268. The van der Waals surface area contributed by atoms with Gasteiger partial charge in [0.15, 0.2) is 29.6 Å². The number of amides is 1. The molecule has 1 aliphatic rings. The van der Waals surface area contributed by atoms with Crippen molar-refractivity contribution in [3.05, 3.63) is 105 Å². The number of ether oxygens (including phenoxy) is 2. The van der Waals surface area contributed by atoms with Gasteiger partial charge in [-0.3, -0.25) is 4.79 Å². The van der Waals surface area contributed by atoms with E-state index in [9.17, 15) is 37.0 Å². The molecular formula is C29H28F5NO5S. The topological polar surface area (TPSA) is 88.0 Å². The van der Waals surface area contributed by atoms with E-state index in [2.05, 4.69) is 5.32 Å². The Labute approximate surface area is 237 Å². The summed E-state index contributed by atoms with van der Waals surface area (Å²) in [6, 6.07) is 14.0. The quantitative estimate of drug-likeness (QED) is 0.127. The summed E-state index contributed by atoms with van der Waals surface area (Å²) in [4.78, 5) is 12.3. The first kappa shape index (κ1) is 30.9. The minimum absolute atomic E-state index is 0.0335. The van der Waals surface area contributed by atoms with E-state index in [1.165, 1.54) is 0 Å². The first-order valence-corrected chi connectivity index (χ1v) is 13.9. The molecule has 3 N–H and O–H groups in total. The van der Waals surface area contributed by atoms with E-state index in [4.69, 9.17) is 9.47 Å². The number of benzene rings is 3. The van der Waals surface area contributed by atoms with Crippen LogP contribution in [0.1, 0.15) is 51.9 Å². The second-order valence-corrected chi connectivity index (χ2v) is 10.6. The molecule has 1 aliphatic heterocycles. The summed E-state index contributed by atoms with van der Waals surface area (Å²) in [6.07, 6.45) is -1.31. The molecular weight excluding hydrogens is 569 g/mol. The number of hydrogen-bond acceptors (Lipinski definition) is 6. The predicted molar refractivity (Wildman–Crippen MR) is 141 cm³/mol. The molecule has 6 nitrogen and oxygen atoms in total. The van der Waals surface area contributed by atoms with Crippen LogP contribution in [0.2, 0.25) is 0 Å². The SMILES string of the molecule is C[C@@H]1[C@H](CSCCO)O[C@H](c2ccc(CNC(=O)c3c(F)c(F)c(F)c(F)c3F)cc2)O[C@@H]1c1ccc(CO)cc1. The highest BCUT2D eigenvalue weighted by molar-refractivity contribution is 7.99. The molecule has 4 atom stereocenters. The minimum Gasteiger partial charge on any atom is -0.396 e. The smallest absolute Gasteiger partial charge is 0.257 e. The van der Waals surface area contributed by atoms with Crippen LogP contribution in [-0.2, 0) is 22.6 Å². The fraction of sp³-hybridized carbons (Fsp3) is 0.345. The molecule has 220 valence electrons. The maximum Gasteiger partial charge on any atom is 0.257 e. The maximum atomic E-state index is 14.0. The van der Waals surface area contributed by atoms with Crippen molar-refractivity contribution in [3.63, 3.8) is 0 Å². The van der Waals surface area contributed by atoms with Gasteiger partial charge in [-0.05, 0) is 16.7 Å². The van der Waals surface area contributed by atoms with E-state index in [0.717, 1.165) is 11.1 Å².